The van der Waals surface area contributed by atoms with E-state index in [0.717, 1.165) is 0 Å². The number of hydrogen-bond donors (Lipinski definition) is 1. The van der Waals surface area contributed by atoms with Crippen molar-refractivity contribution < 1.29 is 9.13 Å². The molecule has 0 aliphatic carbocycles. The predicted octanol–water partition coefficient (Wildman–Crippen LogP) is 3.41. The lowest BCUT2D eigenvalue weighted by molar-refractivity contribution is 0.415. The van der Waals surface area contributed by atoms with Gasteiger partial charge < -0.3 is 10.5 Å². The number of nitrogens with two attached hydrogens (primary N) is 1. The van der Waals surface area contributed by atoms with E-state index in [4.69, 9.17) is 22.1 Å². The zero-order chi connectivity index (χ0) is 14.3. The maximum absolute atomic E-state index is 14.1. The first-order valence-electron chi connectivity index (χ1n) is 5.87. The van der Waals surface area contributed by atoms with Crippen molar-refractivity contribution in [2.24, 2.45) is 0 Å². The topological polar surface area (TPSA) is 53.1 Å². The number of halogens is 2. The van der Waals surface area contributed by atoms with Crippen LogP contribution in [0.2, 0.25) is 5.02 Å². The summed E-state index contributed by atoms with van der Waals surface area (Å²) in [4.78, 5) is 4.22. The second kappa shape index (κ2) is 4.68. The molecule has 2 aromatic carbocycles. The number of nitrogens with zero attached hydrogens (tertiary/aromatic N) is 2. The molecule has 0 atom stereocenters. The third-order valence-electron chi connectivity index (χ3n) is 3.04. The minimum atomic E-state index is -0.459. The molecular formula is C14H11ClFN3O. The first-order valence-corrected chi connectivity index (χ1v) is 6.25. The van der Waals surface area contributed by atoms with Crippen molar-refractivity contribution in [1.29, 1.82) is 0 Å². The third kappa shape index (κ3) is 1.96. The van der Waals surface area contributed by atoms with Crippen LogP contribution in [0.4, 0.5) is 10.3 Å². The molecule has 3 rings (SSSR count). The van der Waals surface area contributed by atoms with Gasteiger partial charge in [-0.3, -0.25) is 4.57 Å². The predicted molar refractivity (Wildman–Crippen MR) is 77.0 cm³/mol. The fraction of sp³-hybridized carbons (Fsp3) is 0.0714. The number of benzene rings is 2. The molecule has 0 radical (unpaired) electrons. The Hall–Kier alpha value is -2.27. The van der Waals surface area contributed by atoms with Crippen LogP contribution in [-0.2, 0) is 0 Å². The van der Waals surface area contributed by atoms with Crippen LogP contribution in [0.15, 0.2) is 36.4 Å². The number of rotatable bonds is 2. The highest BCUT2D eigenvalue weighted by molar-refractivity contribution is 6.30. The van der Waals surface area contributed by atoms with Crippen molar-refractivity contribution in [2.75, 3.05) is 12.8 Å². The summed E-state index contributed by atoms with van der Waals surface area (Å²) in [7, 11) is 1.57. The van der Waals surface area contributed by atoms with Gasteiger partial charge in [-0.15, -0.1) is 0 Å². The van der Waals surface area contributed by atoms with E-state index < -0.39 is 5.82 Å². The maximum atomic E-state index is 14.1. The zero-order valence-electron chi connectivity index (χ0n) is 10.6. The van der Waals surface area contributed by atoms with Crippen LogP contribution in [0.25, 0.3) is 16.7 Å². The van der Waals surface area contributed by atoms with Crippen LogP contribution in [0.5, 0.6) is 5.75 Å². The molecule has 0 saturated heterocycles. The Labute approximate surface area is 119 Å². The Morgan fingerprint density at radius 1 is 1.25 bits per heavy atom. The molecule has 0 bridgehead atoms. The second-order valence-corrected chi connectivity index (χ2v) is 4.69. The van der Waals surface area contributed by atoms with Gasteiger partial charge in [0.15, 0.2) is 0 Å². The highest BCUT2D eigenvalue weighted by atomic mass is 35.5. The van der Waals surface area contributed by atoms with E-state index in [0.29, 0.717) is 27.5 Å². The van der Waals surface area contributed by atoms with Crippen molar-refractivity contribution in [3.8, 4) is 11.4 Å². The van der Waals surface area contributed by atoms with Gasteiger partial charge in [-0.05, 0) is 30.3 Å². The SMILES string of the molecule is COc1ccc2c(c1)nc(N)n2-c1ccc(Cl)cc1F. The fourth-order valence-electron chi connectivity index (χ4n) is 2.12. The summed E-state index contributed by atoms with van der Waals surface area (Å²) in [5.74, 6) is 0.410. The summed E-state index contributed by atoms with van der Waals surface area (Å²) < 4.78 is 20.7. The Morgan fingerprint density at radius 2 is 2.05 bits per heavy atom. The van der Waals surface area contributed by atoms with Gasteiger partial charge in [0.2, 0.25) is 5.95 Å². The number of hydrogen-bond acceptors (Lipinski definition) is 3. The molecule has 102 valence electrons. The summed E-state index contributed by atoms with van der Waals surface area (Å²) in [6.45, 7) is 0. The minimum absolute atomic E-state index is 0.203. The lowest BCUT2D eigenvalue weighted by Crippen LogP contribution is -2.02. The Balaban J connectivity index is 2.27. The van der Waals surface area contributed by atoms with E-state index in [1.165, 1.54) is 6.07 Å². The van der Waals surface area contributed by atoms with Gasteiger partial charge in [-0.2, -0.15) is 0 Å². The minimum Gasteiger partial charge on any atom is -0.497 e. The number of aromatic nitrogens is 2. The Kier molecular flexibility index (Phi) is 2.99. The van der Waals surface area contributed by atoms with Crippen molar-refractivity contribution in [1.82, 2.24) is 9.55 Å². The number of methoxy groups -OCH3 is 1. The molecule has 0 amide bonds. The molecule has 0 fully saturated rings. The zero-order valence-corrected chi connectivity index (χ0v) is 11.4. The summed E-state index contributed by atoms with van der Waals surface area (Å²) in [5, 5.41) is 0.330. The Morgan fingerprint density at radius 3 is 2.75 bits per heavy atom. The summed E-state index contributed by atoms with van der Waals surface area (Å²) in [6.07, 6.45) is 0. The molecule has 0 aliphatic rings. The van der Waals surface area contributed by atoms with Crippen molar-refractivity contribution >= 4 is 28.6 Å². The van der Waals surface area contributed by atoms with Crippen molar-refractivity contribution in [2.45, 2.75) is 0 Å². The molecular weight excluding hydrogens is 281 g/mol. The van der Waals surface area contributed by atoms with E-state index >= 15 is 0 Å². The van der Waals surface area contributed by atoms with E-state index in [2.05, 4.69) is 4.98 Å². The molecule has 0 unspecified atom stereocenters. The molecule has 4 nitrogen and oxygen atoms in total. The monoisotopic (exact) mass is 291 g/mol. The van der Waals surface area contributed by atoms with Gasteiger partial charge >= 0.3 is 0 Å². The lowest BCUT2D eigenvalue weighted by atomic mass is 10.2. The second-order valence-electron chi connectivity index (χ2n) is 4.26. The molecule has 20 heavy (non-hydrogen) atoms. The number of fused-ring (bicyclic) bond motifs is 1. The highest BCUT2D eigenvalue weighted by Gasteiger charge is 2.14. The molecule has 0 saturated carbocycles. The first-order chi connectivity index (χ1) is 9.60. The average molecular weight is 292 g/mol. The fourth-order valence-corrected chi connectivity index (χ4v) is 2.28. The van der Waals surface area contributed by atoms with Crippen LogP contribution in [0.1, 0.15) is 0 Å². The summed E-state index contributed by atoms with van der Waals surface area (Å²) in [6, 6.07) is 9.72. The summed E-state index contributed by atoms with van der Waals surface area (Å²) in [5.41, 5.74) is 7.53. The standard InChI is InChI=1S/C14H11ClFN3O/c1-20-9-3-5-13-11(7-9)18-14(17)19(13)12-4-2-8(15)6-10(12)16/h2-7H,1H3,(H2,17,18). The van der Waals surface area contributed by atoms with Crippen LogP contribution >= 0.6 is 11.6 Å². The lowest BCUT2D eigenvalue weighted by Gasteiger charge is -2.08. The first kappa shape index (κ1) is 12.7. The van der Waals surface area contributed by atoms with Crippen LogP contribution in [0, 0.1) is 5.82 Å². The van der Waals surface area contributed by atoms with Gasteiger partial charge in [0.1, 0.15) is 11.6 Å². The highest BCUT2D eigenvalue weighted by Crippen LogP contribution is 2.28. The van der Waals surface area contributed by atoms with E-state index in [1.54, 1.807) is 42.0 Å². The molecule has 1 aromatic heterocycles. The van der Waals surface area contributed by atoms with Gasteiger partial charge in [0.25, 0.3) is 0 Å². The van der Waals surface area contributed by atoms with Gasteiger partial charge in [-0.1, -0.05) is 11.6 Å². The number of ether oxygens (including phenoxy) is 1. The van der Waals surface area contributed by atoms with Gasteiger partial charge in [0.05, 0.1) is 23.8 Å². The van der Waals surface area contributed by atoms with Crippen LogP contribution in [-0.4, -0.2) is 16.7 Å². The van der Waals surface area contributed by atoms with Crippen molar-refractivity contribution in [3.05, 3.63) is 47.2 Å². The molecule has 1 heterocycles. The third-order valence-corrected chi connectivity index (χ3v) is 3.27. The van der Waals surface area contributed by atoms with Crippen LogP contribution in [0.3, 0.4) is 0 Å². The Bertz CT molecular complexity index is 800. The molecule has 0 aliphatic heterocycles. The molecule has 0 spiro atoms. The quantitative estimate of drug-likeness (QED) is 0.787. The molecule has 2 N–H and O–H groups in total. The number of nitrogen functional groups attached to an aromatic ring is 1. The average Bonchev–Trinajstić information content (AvgIpc) is 2.74. The normalized spacial score (nSPS) is 10.9. The smallest absolute Gasteiger partial charge is 0.206 e. The van der Waals surface area contributed by atoms with E-state index in [9.17, 15) is 4.39 Å². The van der Waals surface area contributed by atoms with E-state index in [1.807, 2.05) is 0 Å². The van der Waals surface area contributed by atoms with Crippen molar-refractivity contribution in [3.63, 3.8) is 0 Å². The molecule has 6 heteroatoms. The van der Waals surface area contributed by atoms with Gasteiger partial charge in [0, 0.05) is 11.1 Å². The summed E-state index contributed by atoms with van der Waals surface area (Å²) >= 11 is 5.76. The largest absolute Gasteiger partial charge is 0.497 e. The van der Waals surface area contributed by atoms with Crippen LogP contribution < -0.4 is 10.5 Å². The number of anilines is 1. The van der Waals surface area contributed by atoms with Gasteiger partial charge in [-0.25, -0.2) is 9.37 Å². The maximum Gasteiger partial charge on any atom is 0.206 e. The molecule has 3 aromatic rings. The number of imidazole rings is 1. The van der Waals surface area contributed by atoms with E-state index in [-0.39, 0.29) is 5.95 Å².